The van der Waals surface area contributed by atoms with E-state index in [1.807, 2.05) is 19.1 Å². The molecule has 0 fully saturated rings. The second-order valence-electron chi connectivity index (χ2n) is 6.54. The molecule has 0 saturated carbocycles. The van der Waals surface area contributed by atoms with Gasteiger partial charge in [0.25, 0.3) is 0 Å². The van der Waals surface area contributed by atoms with Crippen LogP contribution in [0.4, 0.5) is 5.69 Å². The van der Waals surface area contributed by atoms with Gasteiger partial charge in [-0.05, 0) is 57.2 Å². The Balaban J connectivity index is 1.92. The Morgan fingerprint density at radius 3 is 2.44 bits per heavy atom. The lowest BCUT2D eigenvalue weighted by molar-refractivity contribution is -0.136. The van der Waals surface area contributed by atoms with Crippen LogP contribution in [-0.2, 0) is 9.59 Å². The van der Waals surface area contributed by atoms with Crippen LogP contribution in [-0.4, -0.2) is 17.5 Å². The molecule has 0 saturated heterocycles. The minimum Gasteiger partial charge on any atom is -0.318 e. The van der Waals surface area contributed by atoms with Gasteiger partial charge in [-0.3, -0.25) is 9.59 Å². The predicted octanol–water partition coefficient (Wildman–Crippen LogP) is 4.10. The molecule has 5 nitrogen and oxygen atoms in total. The molecule has 1 aromatic carbocycles. The summed E-state index contributed by atoms with van der Waals surface area (Å²) >= 11 is 0. The number of hydrazone groups is 1. The average molecular weight is 341 g/mol. The molecular weight excluding hydrogens is 314 g/mol. The van der Waals surface area contributed by atoms with Crippen molar-refractivity contribution < 1.29 is 9.59 Å². The third-order valence-corrected chi connectivity index (χ3v) is 4.44. The molecule has 0 aliphatic heterocycles. The molecule has 134 valence electrons. The summed E-state index contributed by atoms with van der Waals surface area (Å²) in [6.07, 6.45) is 6.29. The van der Waals surface area contributed by atoms with E-state index in [1.54, 1.807) is 12.1 Å². The summed E-state index contributed by atoms with van der Waals surface area (Å²) in [5.74, 6) is -1.45. The number of benzene rings is 1. The highest BCUT2D eigenvalue weighted by molar-refractivity contribution is 6.39. The highest BCUT2D eigenvalue weighted by Crippen LogP contribution is 2.27. The lowest BCUT2D eigenvalue weighted by Crippen LogP contribution is -2.33. The van der Waals surface area contributed by atoms with Crippen molar-refractivity contribution in [2.75, 3.05) is 5.32 Å². The van der Waals surface area contributed by atoms with Crippen LogP contribution >= 0.6 is 0 Å². The first-order valence-electron chi connectivity index (χ1n) is 8.94. The van der Waals surface area contributed by atoms with E-state index >= 15 is 0 Å². The standard InChI is InChI=1S/C20H27N3O2/c1-4-5-6-7-17-15(3)10-13-18(17)22-23-20(25)19(24)21-16-11-8-14(2)9-12-16/h8-9,11-12H,4-7,10,13H2,1-3H3,(H,21,24)(H,23,25)/b22-18-. The predicted molar refractivity (Wildman–Crippen MR) is 101 cm³/mol. The average Bonchev–Trinajstić information content (AvgIpc) is 2.95. The van der Waals surface area contributed by atoms with E-state index in [1.165, 1.54) is 24.0 Å². The number of hydrogen-bond donors (Lipinski definition) is 2. The van der Waals surface area contributed by atoms with E-state index in [0.717, 1.165) is 37.0 Å². The van der Waals surface area contributed by atoms with E-state index in [0.29, 0.717) is 5.69 Å². The summed E-state index contributed by atoms with van der Waals surface area (Å²) in [7, 11) is 0. The third kappa shape index (κ3) is 5.55. The molecular formula is C20H27N3O2. The van der Waals surface area contributed by atoms with E-state index in [-0.39, 0.29) is 0 Å². The van der Waals surface area contributed by atoms with Gasteiger partial charge in [0.15, 0.2) is 0 Å². The molecule has 2 N–H and O–H groups in total. The maximum absolute atomic E-state index is 12.0. The molecule has 1 aromatic rings. The zero-order valence-corrected chi connectivity index (χ0v) is 15.3. The Labute approximate surface area is 149 Å². The first-order valence-corrected chi connectivity index (χ1v) is 8.94. The molecule has 0 radical (unpaired) electrons. The molecule has 0 aromatic heterocycles. The van der Waals surface area contributed by atoms with Crippen LogP contribution in [0.1, 0.15) is 57.9 Å². The molecule has 0 unspecified atom stereocenters. The fourth-order valence-corrected chi connectivity index (χ4v) is 2.88. The van der Waals surface area contributed by atoms with Gasteiger partial charge in [0.2, 0.25) is 0 Å². The highest BCUT2D eigenvalue weighted by Gasteiger charge is 2.19. The van der Waals surface area contributed by atoms with E-state index in [4.69, 9.17) is 0 Å². The molecule has 1 aliphatic carbocycles. The topological polar surface area (TPSA) is 70.6 Å². The number of nitrogens with zero attached hydrogens (tertiary/aromatic N) is 1. The molecule has 25 heavy (non-hydrogen) atoms. The first kappa shape index (κ1) is 18.9. The van der Waals surface area contributed by atoms with Crippen molar-refractivity contribution in [2.24, 2.45) is 5.10 Å². The monoisotopic (exact) mass is 341 g/mol. The summed E-state index contributed by atoms with van der Waals surface area (Å²) < 4.78 is 0. The van der Waals surface area contributed by atoms with E-state index < -0.39 is 11.8 Å². The zero-order chi connectivity index (χ0) is 18.2. The van der Waals surface area contributed by atoms with Crippen LogP contribution in [0.5, 0.6) is 0 Å². The summed E-state index contributed by atoms with van der Waals surface area (Å²) in [6, 6.07) is 7.29. The largest absolute Gasteiger partial charge is 0.329 e. The van der Waals surface area contributed by atoms with Crippen LogP contribution < -0.4 is 10.7 Å². The van der Waals surface area contributed by atoms with E-state index in [2.05, 4.69) is 29.7 Å². The highest BCUT2D eigenvalue weighted by atomic mass is 16.2. The summed E-state index contributed by atoms with van der Waals surface area (Å²) in [5.41, 5.74) is 7.57. The lowest BCUT2D eigenvalue weighted by atomic mass is 10.0. The van der Waals surface area contributed by atoms with Crippen molar-refractivity contribution in [2.45, 2.75) is 59.3 Å². The van der Waals surface area contributed by atoms with Crippen LogP contribution in [0.15, 0.2) is 40.5 Å². The number of amides is 2. The Morgan fingerprint density at radius 1 is 1.04 bits per heavy atom. The number of carbonyl (C=O) groups is 2. The van der Waals surface area contributed by atoms with Crippen molar-refractivity contribution in [3.63, 3.8) is 0 Å². The second-order valence-corrected chi connectivity index (χ2v) is 6.54. The van der Waals surface area contributed by atoms with Gasteiger partial charge in [-0.25, -0.2) is 5.43 Å². The number of carbonyl (C=O) groups excluding carboxylic acids is 2. The number of aryl methyl sites for hydroxylation is 1. The van der Waals surface area contributed by atoms with Crippen LogP contribution in [0.3, 0.4) is 0 Å². The number of unbranched alkanes of at least 4 members (excludes halogenated alkanes) is 2. The molecule has 0 atom stereocenters. The molecule has 1 aliphatic rings. The van der Waals surface area contributed by atoms with E-state index in [9.17, 15) is 9.59 Å². The van der Waals surface area contributed by atoms with Crippen LogP contribution in [0, 0.1) is 6.92 Å². The second kappa shape index (κ2) is 9.16. The normalized spacial score (nSPS) is 15.6. The number of allylic oxidation sites excluding steroid dienone is 2. The zero-order valence-electron chi connectivity index (χ0n) is 15.3. The number of anilines is 1. The van der Waals surface area contributed by atoms with Crippen molar-refractivity contribution in [3.05, 3.63) is 41.0 Å². The molecule has 5 heteroatoms. The van der Waals surface area contributed by atoms with Gasteiger partial charge in [-0.15, -0.1) is 0 Å². The summed E-state index contributed by atoms with van der Waals surface area (Å²) in [6.45, 7) is 6.26. The van der Waals surface area contributed by atoms with Gasteiger partial charge in [0, 0.05) is 5.69 Å². The minimum absolute atomic E-state index is 0.593. The molecule has 0 spiro atoms. The fourth-order valence-electron chi connectivity index (χ4n) is 2.88. The van der Waals surface area contributed by atoms with Crippen LogP contribution in [0.25, 0.3) is 0 Å². The number of nitrogens with one attached hydrogen (secondary N) is 2. The maximum Gasteiger partial charge on any atom is 0.329 e. The fraction of sp³-hybridized carbons (Fsp3) is 0.450. The van der Waals surface area contributed by atoms with Crippen molar-refractivity contribution >= 4 is 23.2 Å². The van der Waals surface area contributed by atoms with Crippen molar-refractivity contribution in [1.82, 2.24) is 5.43 Å². The Morgan fingerprint density at radius 2 is 1.76 bits per heavy atom. The van der Waals surface area contributed by atoms with Gasteiger partial charge in [-0.1, -0.05) is 43.0 Å². The Kier molecular flexibility index (Phi) is 6.92. The molecule has 2 rings (SSSR count). The SMILES string of the molecule is CCCCCC1=C(C)CC/C1=N/NC(=O)C(=O)Nc1ccc(C)cc1. The number of rotatable bonds is 6. The quantitative estimate of drug-likeness (QED) is 0.465. The van der Waals surface area contributed by atoms with Crippen molar-refractivity contribution in [3.8, 4) is 0 Å². The Bertz CT molecular complexity index is 687. The van der Waals surface area contributed by atoms with Gasteiger partial charge in [-0.2, -0.15) is 5.10 Å². The van der Waals surface area contributed by atoms with Crippen LogP contribution in [0.2, 0.25) is 0 Å². The van der Waals surface area contributed by atoms with Crippen molar-refractivity contribution in [1.29, 1.82) is 0 Å². The third-order valence-electron chi connectivity index (χ3n) is 4.44. The summed E-state index contributed by atoms with van der Waals surface area (Å²) in [5, 5.41) is 6.78. The molecule has 2 amide bonds. The first-order chi connectivity index (χ1) is 12.0. The minimum atomic E-state index is -0.745. The number of hydrogen-bond acceptors (Lipinski definition) is 3. The molecule has 0 heterocycles. The van der Waals surface area contributed by atoms with Gasteiger partial charge in [0.1, 0.15) is 0 Å². The molecule has 0 bridgehead atoms. The lowest BCUT2D eigenvalue weighted by Gasteiger charge is -2.07. The van der Waals surface area contributed by atoms with Gasteiger partial charge in [0.05, 0.1) is 5.71 Å². The summed E-state index contributed by atoms with van der Waals surface area (Å²) in [4.78, 5) is 23.9. The smallest absolute Gasteiger partial charge is 0.318 e. The van der Waals surface area contributed by atoms with Gasteiger partial charge < -0.3 is 5.32 Å². The maximum atomic E-state index is 12.0. The Hall–Kier alpha value is -2.43. The van der Waals surface area contributed by atoms with Gasteiger partial charge >= 0.3 is 11.8 Å².